The number of hydrogen-bond acceptors (Lipinski definition) is 1. The standard InChI is InChI=1S/C17H27N/c1-14-9-10-15(2)17(12-14)13-18-11-5-8-16-6-3-4-7-16/h9-10,12,16,18H,3-8,11,13H2,1-2H3. The molecule has 1 nitrogen and oxygen atoms in total. The van der Waals surface area contributed by atoms with Gasteiger partial charge >= 0.3 is 0 Å². The zero-order valence-corrected chi connectivity index (χ0v) is 12.0. The second-order valence-electron chi connectivity index (χ2n) is 5.90. The first-order chi connectivity index (χ1) is 8.75. The molecule has 18 heavy (non-hydrogen) atoms. The van der Waals surface area contributed by atoms with E-state index in [0.717, 1.165) is 12.5 Å². The predicted octanol–water partition coefficient (Wildman–Crippen LogP) is 4.36. The van der Waals surface area contributed by atoms with Crippen LogP contribution < -0.4 is 5.32 Å². The number of benzene rings is 1. The quantitative estimate of drug-likeness (QED) is 0.734. The summed E-state index contributed by atoms with van der Waals surface area (Å²) in [5.41, 5.74) is 4.23. The van der Waals surface area contributed by atoms with Gasteiger partial charge in [0.15, 0.2) is 0 Å². The summed E-state index contributed by atoms with van der Waals surface area (Å²) in [5.74, 6) is 1.03. The molecule has 1 aliphatic carbocycles. The fourth-order valence-electron chi connectivity index (χ4n) is 3.03. The Morgan fingerprint density at radius 2 is 1.94 bits per heavy atom. The molecular weight excluding hydrogens is 218 g/mol. The first-order valence-corrected chi connectivity index (χ1v) is 7.52. The molecule has 1 aromatic rings. The van der Waals surface area contributed by atoms with Crippen molar-refractivity contribution in [2.24, 2.45) is 5.92 Å². The molecule has 0 bridgehead atoms. The summed E-state index contributed by atoms with van der Waals surface area (Å²) >= 11 is 0. The average Bonchev–Trinajstić information content (AvgIpc) is 2.86. The fraction of sp³-hybridized carbons (Fsp3) is 0.647. The lowest BCUT2D eigenvalue weighted by atomic mass is 10.0. The first-order valence-electron chi connectivity index (χ1n) is 7.52. The first kappa shape index (κ1) is 13.6. The van der Waals surface area contributed by atoms with Gasteiger partial charge in [0.1, 0.15) is 0 Å². The molecule has 0 amide bonds. The van der Waals surface area contributed by atoms with Gasteiger partial charge in [-0.05, 0) is 50.3 Å². The minimum absolute atomic E-state index is 1.03. The van der Waals surface area contributed by atoms with Crippen molar-refractivity contribution in [3.63, 3.8) is 0 Å². The molecule has 0 heterocycles. The topological polar surface area (TPSA) is 12.0 Å². The van der Waals surface area contributed by atoms with Gasteiger partial charge in [0.2, 0.25) is 0 Å². The lowest BCUT2D eigenvalue weighted by Gasteiger charge is -2.11. The van der Waals surface area contributed by atoms with E-state index in [1.54, 1.807) is 0 Å². The van der Waals surface area contributed by atoms with E-state index in [1.165, 1.54) is 61.8 Å². The van der Waals surface area contributed by atoms with Gasteiger partial charge in [-0.1, -0.05) is 49.4 Å². The highest BCUT2D eigenvalue weighted by Gasteiger charge is 2.13. The molecule has 0 aliphatic heterocycles. The maximum atomic E-state index is 3.59. The van der Waals surface area contributed by atoms with Crippen molar-refractivity contribution in [3.8, 4) is 0 Å². The largest absolute Gasteiger partial charge is 0.313 e. The summed E-state index contributed by atoms with van der Waals surface area (Å²) in [5, 5.41) is 3.59. The molecule has 1 heteroatoms. The van der Waals surface area contributed by atoms with Crippen LogP contribution >= 0.6 is 0 Å². The maximum absolute atomic E-state index is 3.59. The highest BCUT2D eigenvalue weighted by Crippen LogP contribution is 2.28. The van der Waals surface area contributed by atoms with Crippen molar-refractivity contribution < 1.29 is 0 Å². The van der Waals surface area contributed by atoms with E-state index < -0.39 is 0 Å². The van der Waals surface area contributed by atoms with E-state index >= 15 is 0 Å². The Morgan fingerprint density at radius 3 is 2.72 bits per heavy atom. The third-order valence-corrected chi connectivity index (χ3v) is 4.26. The number of hydrogen-bond donors (Lipinski definition) is 1. The Kier molecular flexibility index (Phi) is 5.25. The van der Waals surface area contributed by atoms with Crippen molar-refractivity contribution in [1.82, 2.24) is 5.32 Å². The molecule has 100 valence electrons. The zero-order valence-electron chi connectivity index (χ0n) is 12.0. The van der Waals surface area contributed by atoms with E-state index in [9.17, 15) is 0 Å². The second-order valence-corrected chi connectivity index (χ2v) is 5.90. The van der Waals surface area contributed by atoms with E-state index in [-0.39, 0.29) is 0 Å². The normalized spacial score (nSPS) is 16.3. The van der Waals surface area contributed by atoms with Crippen molar-refractivity contribution >= 4 is 0 Å². The summed E-state index contributed by atoms with van der Waals surface area (Å²) in [4.78, 5) is 0. The Bertz CT molecular complexity index is 364. The van der Waals surface area contributed by atoms with Gasteiger partial charge in [0.25, 0.3) is 0 Å². The Hall–Kier alpha value is -0.820. The third-order valence-electron chi connectivity index (χ3n) is 4.26. The lowest BCUT2D eigenvalue weighted by Crippen LogP contribution is -2.16. The molecule has 1 N–H and O–H groups in total. The van der Waals surface area contributed by atoms with Crippen LogP contribution in [-0.2, 0) is 6.54 Å². The number of aryl methyl sites for hydroxylation is 2. The van der Waals surface area contributed by atoms with Gasteiger partial charge in [-0.15, -0.1) is 0 Å². The van der Waals surface area contributed by atoms with E-state index in [0.29, 0.717) is 0 Å². The minimum Gasteiger partial charge on any atom is -0.313 e. The van der Waals surface area contributed by atoms with Gasteiger partial charge in [-0.25, -0.2) is 0 Å². The Morgan fingerprint density at radius 1 is 1.17 bits per heavy atom. The van der Waals surface area contributed by atoms with Gasteiger partial charge in [-0.2, -0.15) is 0 Å². The van der Waals surface area contributed by atoms with Crippen LogP contribution in [0.25, 0.3) is 0 Å². The predicted molar refractivity (Wildman–Crippen MR) is 78.8 cm³/mol. The summed E-state index contributed by atoms with van der Waals surface area (Å²) in [7, 11) is 0. The smallest absolute Gasteiger partial charge is 0.0208 e. The van der Waals surface area contributed by atoms with E-state index in [2.05, 4.69) is 37.4 Å². The fourth-order valence-corrected chi connectivity index (χ4v) is 3.03. The molecule has 0 saturated heterocycles. The highest BCUT2D eigenvalue weighted by molar-refractivity contribution is 5.30. The Labute approximate surface area is 112 Å². The summed E-state index contributed by atoms with van der Waals surface area (Å²) in [6.07, 6.45) is 8.68. The number of nitrogens with one attached hydrogen (secondary N) is 1. The lowest BCUT2D eigenvalue weighted by molar-refractivity contribution is 0.470. The summed E-state index contributed by atoms with van der Waals surface area (Å²) in [6.45, 7) is 6.57. The molecular formula is C17H27N. The van der Waals surface area contributed by atoms with Crippen LogP contribution in [0.2, 0.25) is 0 Å². The average molecular weight is 245 g/mol. The summed E-state index contributed by atoms with van der Waals surface area (Å²) in [6, 6.07) is 6.73. The van der Waals surface area contributed by atoms with E-state index in [4.69, 9.17) is 0 Å². The summed E-state index contributed by atoms with van der Waals surface area (Å²) < 4.78 is 0. The van der Waals surface area contributed by atoms with Gasteiger partial charge < -0.3 is 5.32 Å². The van der Waals surface area contributed by atoms with Crippen LogP contribution in [0.15, 0.2) is 18.2 Å². The molecule has 0 atom stereocenters. The van der Waals surface area contributed by atoms with Gasteiger partial charge in [0.05, 0.1) is 0 Å². The van der Waals surface area contributed by atoms with Gasteiger partial charge in [-0.3, -0.25) is 0 Å². The van der Waals surface area contributed by atoms with Crippen molar-refractivity contribution in [1.29, 1.82) is 0 Å². The molecule has 0 unspecified atom stereocenters. The van der Waals surface area contributed by atoms with Crippen LogP contribution in [0.3, 0.4) is 0 Å². The zero-order chi connectivity index (χ0) is 12.8. The highest BCUT2D eigenvalue weighted by atomic mass is 14.8. The SMILES string of the molecule is Cc1ccc(C)c(CNCCCC2CCCC2)c1. The second kappa shape index (κ2) is 6.94. The number of rotatable bonds is 6. The van der Waals surface area contributed by atoms with E-state index in [1.807, 2.05) is 0 Å². The molecule has 1 aliphatic rings. The Balaban J connectivity index is 1.64. The van der Waals surface area contributed by atoms with Crippen LogP contribution in [0.1, 0.15) is 55.2 Å². The monoisotopic (exact) mass is 245 g/mol. The van der Waals surface area contributed by atoms with Crippen molar-refractivity contribution in [2.45, 2.75) is 58.9 Å². The maximum Gasteiger partial charge on any atom is 0.0208 e. The third kappa shape index (κ3) is 4.13. The minimum atomic E-state index is 1.03. The van der Waals surface area contributed by atoms with Crippen LogP contribution in [-0.4, -0.2) is 6.54 Å². The van der Waals surface area contributed by atoms with Crippen LogP contribution in [0.5, 0.6) is 0 Å². The van der Waals surface area contributed by atoms with Gasteiger partial charge in [0, 0.05) is 6.54 Å². The molecule has 2 rings (SSSR count). The van der Waals surface area contributed by atoms with Crippen molar-refractivity contribution in [3.05, 3.63) is 34.9 Å². The molecule has 1 saturated carbocycles. The van der Waals surface area contributed by atoms with Crippen LogP contribution in [0.4, 0.5) is 0 Å². The molecule has 1 fully saturated rings. The van der Waals surface area contributed by atoms with Crippen molar-refractivity contribution in [2.75, 3.05) is 6.54 Å². The molecule has 0 radical (unpaired) electrons. The molecule has 0 spiro atoms. The van der Waals surface area contributed by atoms with Crippen LogP contribution in [0, 0.1) is 19.8 Å². The molecule has 1 aromatic carbocycles. The molecule has 0 aromatic heterocycles.